The number of nitrogens with zero attached hydrogens (tertiary/aromatic N) is 2. The lowest BCUT2D eigenvalue weighted by Gasteiger charge is -2.01. The average Bonchev–Trinajstić information content (AvgIpc) is 2.17. The zero-order chi connectivity index (χ0) is 10.7. The van der Waals surface area contributed by atoms with Gasteiger partial charge in [0, 0.05) is 15.0 Å². The first-order valence-corrected chi connectivity index (χ1v) is 5.73. The van der Waals surface area contributed by atoms with Gasteiger partial charge in [0.1, 0.15) is 11.6 Å². The summed E-state index contributed by atoms with van der Waals surface area (Å²) in [6.45, 7) is 0. The lowest BCUT2D eigenvalue weighted by atomic mass is 10.1. The first-order chi connectivity index (χ1) is 6.60. The molecule has 0 saturated carbocycles. The summed E-state index contributed by atoms with van der Waals surface area (Å²) in [4.78, 5) is 10.0. The molecule has 72 valence electrons. The zero-order valence-corrected chi connectivity index (χ0v) is 10.6. The summed E-state index contributed by atoms with van der Waals surface area (Å²) in [7, 11) is 0. The van der Waals surface area contributed by atoms with Crippen molar-refractivity contribution < 1.29 is 4.92 Å². The zero-order valence-electron chi connectivity index (χ0n) is 6.83. The summed E-state index contributed by atoms with van der Waals surface area (Å²) < 4.78 is 0.783. The molecule has 0 heterocycles. The third kappa shape index (κ3) is 2.22. The van der Waals surface area contributed by atoms with E-state index in [2.05, 4.69) is 15.9 Å². The molecule has 0 bridgehead atoms. The predicted octanol–water partition coefficient (Wildman–Crippen LogP) is 2.97. The minimum atomic E-state index is -0.543. The Kier molecular flexibility index (Phi) is 3.83. The fraction of sp³-hybridized carbons (Fsp3) is 0.125. The third-order valence-electron chi connectivity index (χ3n) is 1.63. The molecule has 0 spiro atoms. The Hall–Kier alpha value is -0.680. The van der Waals surface area contributed by atoms with E-state index in [1.807, 2.05) is 28.7 Å². The summed E-state index contributed by atoms with van der Waals surface area (Å²) in [5.74, 6) is 0. The van der Waals surface area contributed by atoms with Gasteiger partial charge in [-0.3, -0.25) is 10.1 Å². The monoisotopic (exact) mass is 366 g/mol. The van der Waals surface area contributed by atoms with Gasteiger partial charge in [-0.05, 0) is 34.2 Å². The molecule has 1 aromatic carbocycles. The van der Waals surface area contributed by atoms with Gasteiger partial charge in [-0.25, -0.2) is 0 Å². The van der Waals surface area contributed by atoms with Crippen molar-refractivity contribution >= 4 is 44.2 Å². The number of benzene rings is 1. The number of rotatable bonds is 2. The maximum absolute atomic E-state index is 10.6. The average molecular weight is 367 g/mol. The fourth-order valence-corrected chi connectivity index (χ4v) is 2.58. The van der Waals surface area contributed by atoms with Gasteiger partial charge in [-0.2, -0.15) is 5.26 Å². The van der Waals surface area contributed by atoms with E-state index in [0.29, 0.717) is 5.33 Å². The summed E-state index contributed by atoms with van der Waals surface area (Å²) >= 11 is 5.26. The molecular weight excluding hydrogens is 363 g/mol. The minimum absolute atomic E-state index is 0.102. The van der Waals surface area contributed by atoms with E-state index >= 15 is 0 Å². The van der Waals surface area contributed by atoms with Crippen LogP contribution in [0.25, 0.3) is 0 Å². The first-order valence-electron chi connectivity index (χ1n) is 3.53. The highest BCUT2D eigenvalue weighted by Crippen LogP contribution is 2.25. The van der Waals surface area contributed by atoms with Crippen LogP contribution in [0.4, 0.5) is 5.69 Å². The Labute approximate surface area is 102 Å². The van der Waals surface area contributed by atoms with Crippen LogP contribution in [-0.4, -0.2) is 4.92 Å². The maximum atomic E-state index is 10.6. The lowest BCUT2D eigenvalue weighted by Crippen LogP contribution is -1.95. The van der Waals surface area contributed by atoms with Crippen LogP contribution in [0.1, 0.15) is 11.1 Å². The van der Waals surface area contributed by atoms with Crippen LogP contribution in [0, 0.1) is 25.0 Å². The van der Waals surface area contributed by atoms with Gasteiger partial charge in [-0.1, -0.05) is 15.9 Å². The maximum Gasteiger partial charge on any atom is 0.288 e. The summed E-state index contributed by atoms with van der Waals surface area (Å²) in [5.41, 5.74) is 0.846. The molecule has 0 amide bonds. The molecule has 0 fully saturated rings. The number of halogens is 2. The van der Waals surface area contributed by atoms with Crippen LogP contribution in [0.15, 0.2) is 12.1 Å². The molecule has 0 aliphatic rings. The van der Waals surface area contributed by atoms with Crippen molar-refractivity contribution in [1.29, 1.82) is 5.26 Å². The van der Waals surface area contributed by atoms with Gasteiger partial charge in [-0.15, -0.1) is 0 Å². The smallest absolute Gasteiger partial charge is 0.258 e. The van der Waals surface area contributed by atoms with Gasteiger partial charge in [0.2, 0.25) is 0 Å². The van der Waals surface area contributed by atoms with Crippen molar-refractivity contribution in [3.63, 3.8) is 0 Å². The third-order valence-corrected chi connectivity index (χ3v) is 3.23. The van der Waals surface area contributed by atoms with E-state index in [9.17, 15) is 10.1 Å². The molecule has 0 saturated heterocycles. The standard InChI is InChI=1S/C8H4BrIN2O2/c9-3-5-1-6(4-11)8(12(13)14)2-7(5)10/h1-2H,3H2. The number of hydrogen-bond donors (Lipinski definition) is 0. The Bertz CT molecular complexity index is 428. The molecule has 0 N–H and O–H groups in total. The van der Waals surface area contributed by atoms with Crippen molar-refractivity contribution in [3.05, 3.63) is 36.9 Å². The quantitative estimate of drug-likeness (QED) is 0.350. The Morgan fingerprint density at radius 1 is 1.64 bits per heavy atom. The van der Waals surface area contributed by atoms with Crippen molar-refractivity contribution in [2.75, 3.05) is 0 Å². The van der Waals surface area contributed by atoms with Crippen LogP contribution < -0.4 is 0 Å². The van der Waals surface area contributed by atoms with Gasteiger partial charge >= 0.3 is 0 Å². The second kappa shape index (κ2) is 4.70. The van der Waals surface area contributed by atoms with Crippen molar-refractivity contribution in [1.82, 2.24) is 0 Å². The van der Waals surface area contributed by atoms with E-state index in [0.717, 1.165) is 9.13 Å². The molecule has 0 radical (unpaired) electrons. The highest BCUT2D eigenvalue weighted by Gasteiger charge is 2.16. The molecule has 6 heteroatoms. The van der Waals surface area contributed by atoms with Crippen LogP contribution in [-0.2, 0) is 5.33 Å². The molecule has 0 aliphatic heterocycles. The normalized spacial score (nSPS) is 9.50. The number of nitriles is 1. The highest BCUT2D eigenvalue weighted by molar-refractivity contribution is 14.1. The SMILES string of the molecule is N#Cc1cc(CBr)c(I)cc1[N+](=O)[O-]. The molecule has 0 aromatic heterocycles. The molecule has 0 unspecified atom stereocenters. The summed E-state index contributed by atoms with van der Waals surface area (Å²) in [6.07, 6.45) is 0. The number of alkyl halides is 1. The largest absolute Gasteiger partial charge is 0.288 e. The second-order valence-corrected chi connectivity index (χ2v) is 4.19. The van der Waals surface area contributed by atoms with Crippen LogP contribution in [0.3, 0.4) is 0 Å². The molecule has 0 atom stereocenters. The van der Waals surface area contributed by atoms with E-state index in [1.165, 1.54) is 12.1 Å². The van der Waals surface area contributed by atoms with Gasteiger partial charge < -0.3 is 0 Å². The van der Waals surface area contributed by atoms with E-state index in [4.69, 9.17) is 5.26 Å². The second-order valence-electron chi connectivity index (χ2n) is 2.46. The first kappa shape index (κ1) is 11.4. The molecule has 4 nitrogen and oxygen atoms in total. The van der Waals surface area contributed by atoms with Crippen LogP contribution >= 0.6 is 38.5 Å². The van der Waals surface area contributed by atoms with Gasteiger partial charge in [0.15, 0.2) is 0 Å². The molecule has 1 aromatic rings. The Morgan fingerprint density at radius 3 is 2.71 bits per heavy atom. The molecular formula is C8H4BrIN2O2. The van der Waals surface area contributed by atoms with Gasteiger partial charge in [0.05, 0.1) is 4.92 Å². The van der Waals surface area contributed by atoms with E-state index in [1.54, 1.807) is 0 Å². The lowest BCUT2D eigenvalue weighted by molar-refractivity contribution is -0.385. The van der Waals surface area contributed by atoms with Crippen LogP contribution in [0.5, 0.6) is 0 Å². The summed E-state index contributed by atoms with van der Waals surface area (Å²) in [6, 6.07) is 4.76. The van der Waals surface area contributed by atoms with Crippen molar-refractivity contribution in [2.45, 2.75) is 5.33 Å². The Balaban J connectivity index is 3.41. The number of nitro benzene ring substituents is 1. The van der Waals surface area contributed by atoms with Gasteiger partial charge in [0.25, 0.3) is 5.69 Å². The fourth-order valence-electron chi connectivity index (χ4n) is 0.951. The topological polar surface area (TPSA) is 66.9 Å². The van der Waals surface area contributed by atoms with Crippen LogP contribution in [0.2, 0.25) is 0 Å². The summed E-state index contributed by atoms with van der Waals surface area (Å²) in [5, 5.41) is 19.9. The number of nitro groups is 1. The van der Waals surface area contributed by atoms with E-state index < -0.39 is 4.92 Å². The molecule has 0 aliphatic carbocycles. The van der Waals surface area contributed by atoms with Crippen molar-refractivity contribution in [3.8, 4) is 6.07 Å². The Morgan fingerprint density at radius 2 is 2.29 bits per heavy atom. The number of hydrogen-bond acceptors (Lipinski definition) is 3. The molecule has 1 rings (SSSR count). The molecule has 14 heavy (non-hydrogen) atoms. The predicted molar refractivity (Wildman–Crippen MR) is 63.2 cm³/mol. The minimum Gasteiger partial charge on any atom is -0.258 e. The highest BCUT2D eigenvalue weighted by atomic mass is 127. The van der Waals surface area contributed by atoms with E-state index in [-0.39, 0.29) is 11.3 Å². The van der Waals surface area contributed by atoms with Crippen molar-refractivity contribution in [2.24, 2.45) is 0 Å².